The summed E-state index contributed by atoms with van der Waals surface area (Å²) in [5.74, 6) is -0.191. The normalized spacial score (nSPS) is 25.8. The average Bonchev–Trinajstić information content (AvgIpc) is 1.74. The van der Waals surface area contributed by atoms with Crippen LogP contribution in [0, 0.1) is 0 Å². The van der Waals surface area contributed by atoms with Crippen molar-refractivity contribution in [3.05, 3.63) is 0 Å². The summed E-state index contributed by atoms with van der Waals surface area (Å²) in [7, 11) is 0. The van der Waals surface area contributed by atoms with Crippen LogP contribution in [-0.4, -0.2) is 23.2 Å². The Morgan fingerprint density at radius 2 is 1.64 bits per heavy atom. The van der Waals surface area contributed by atoms with Crippen LogP contribution in [0.2, 0.25) is 0 Å². The van der Waals surface area contributed by atoms with Crippen molar-refractivity contribution >= 4 is 5.97 Å². The summed E-state index contributed by atoms with van der Waals surface area (Å²) >= 11 is 0. The fourth-order valence-electron chi connectivity index (χ4n) is 2.42. The molecule has 0 amide bonds. The molecule has 0 bridgehead atoms. The first kappa shape index (κ1) is 11.5. The second-order valence-electron chi connectivity index (χ2n) is 5.38. The Morgan fingerprint density at radius 3 is 2.00 bits per heavy atom. The highest BCUT2D eigenvalue weighted by atomic mass is 16.5. The highest BCUT2D eigenvalue weighted by Gasteiger charge is 2.40. The molecule has 0 unspecified atom stereocenters. The van der Waals surface area contributed by atoms with Gasteiger partial charge in [0.2, 0.25) is 0 Å². The SMILES string of the molecule is CC(=O)OC1CC(C)(C)[N]C(C)(C)C1. The van der Waals surface area contributed by atoms with Gasteiger partial charge in [-0.15, -0.1) is 0 Å². The van der Waals surface area contributed by atoms with Crippen LogP contribution in [0.4, 0.5) is 0 Å². The fourth-order valence-corrected chi connectivity index (χ4v) is 2.42. The molecule has 1 radical (unpaired) electrons. The van der Waals surface area contributed by atoms with Crippen LogP contribution < -0.4 is 5.32 Å². The monoisotopic (exact) mass is 198 g/mol. The molecule has 0 aliphatic carbocycles. The van der Waals surface area contributed by atoms with E-state index in [1.165, 1.54) is 6.92 Å². The van der Waals surface area contributed by atoms with E-state index >= 15 is 0 Å². The van der Waals surface area contributed by atoms with E-state index in [4.69, 9.17) is 10.1 Å². The fraction of sp³-hybridized carbons (Fsp3) is 0.909. The van der Waals surface area contributed by atoms with E-state index in [0.717, 1.165) is 12.8 Å². The number of hydrogen-bond donors (Lipinski definition) is 0. The van der Waals surface area contributed by atoms with Gasteiger partial charge in [0.1, 0.15) is 6.10 Å². The molecular formula is C11H20NO2. The third-order valence-electron chi connectivity index (χ3n) is 2.39. The second kappa shape index (κ2) is 3.54. The predicted molar refractivity (Wildman–Crippen MR) is 55.1 cm³/mol. The van der Waals surface area contributed by atoms with Crippen LogP contribution in [-0.2, 0) is 9.53 Å². The maximum Gasteiger partial charge on any atom is 0.302 e. The first-order valence-electron chi connectivity index (χ1n) is 5.11. The number of piperidine rings is 1. The van der Waals surface area contributed by atoms with Gasteiger partial charge in [-0.25, -0.2) is 5.32 Å². The lowest BCUT2D eigenvalue weighted by atomic mass is 9.81. The zero-order chi connectivity index (χ0) is 11.0. The molecule has 0 atom stereocenters. The zero-order valence-electron chi connectivity index (χ0n) is 9.76. The van der Waals surface area contributed by atoms with Crippen LogP contribution in [0.25, 0.3) is 0 Å². The molecule has 0 N–H and O–H groups in total. The van der Waals surface area contributed by atoms with Gasteiger partial charge >= 0.3 is 5.97 Å². The Kier molecular flexibility index (Phi) is 2.91. The van der Waals surface area contributed by atoms with Crippen LogP contribution in [0.15, 0.2) is 0 Å². The molecule has 0 saturated carbocycles. The van der Waals surface area contributed by atoms with Crippen molar-refractivity contribution in [1.82, 2.24) is 5.32 Å². The van der Waals surface area contributed by atoms with E-state index in [-0.39, 0.29) is 23.2 Å². The van der Waals surface area contributed by atoms with E-state index in [9.17, 15) is 4.79 Å². The Morgan fingerprint density at radius 1 is 1.21 bits per heavy atom. The Labute approximate surface area is 86.2 Å². The van der Waals surface area contributed by atoms with Crippen molar-refractivity contribution in [2.45, 2.75) is 64.6 Å². The molecule has 3 nitrogen and oxygen atoms in total. The van der Waals surface area contributed by atoms with Crippen LogP contribution >= 0.6 is 0 Å². The Bertz CT molecular complexity index is 217. The Hall–Kier alpha value is -0.570. The van der Waals surface area contributed by atoms with Crippen molar-refractivity contribution in [3.63, 3.8) is 0 Å². The van der Waals surface area contributed by atoms with Gasteiger partial charge in [0.15, 0.2) is 0 Å². The summed E-state index contributed by atoms with van der Waals surface area (Å²) < 4.78 is 5.26. The molecule has 1 fully saturated rings. The number of nitrogens with zero attached hydrogens (tertiary/aromatic N) is 1. The van der Waals surface area contributed by atoms with Crippen LogP contribution in [0.1, 0.15) is 47.5 Å². The first-order chi connectivity index (χ1) is 6.20. The maximum absolute atomic E-state index is 10.9. The van der Waals surface area contributed by atoms with Crippen LogP contribution in [0.5, 0.6) is 0 Å². The molecule has 0 aromatic carbocycles. The molecule has 1 aliphatic rings. The number of esters is 1. The quantitative estimate of drug-likeness (QED) is 0.603. The van der Waals surface area contributed by atoms with Crippen molar-refractivity contribution in [1.29, 1.82) is 0 Å². The van der Waals surface area contributed by atoms with E-state index in [1.54, 1.807) is 0 Å². The summed E-state index contributed by atoms with van der Waals surface area (Å²) in [6.07, 6.45) is 1.68. The van der Waals surface area contributed by atoms with Gasteiger partial charge in [-0.1, -0.05) is 0 Å². The number of rotatable bonds is 1. The van der Waals surface area contributed by atoms with E-state index < -0.39 is 0 Å². The predicted octanol–water partition coefficient (Wildman–Crippen LogP) is 1.87. The van der Waals surface area contributed by atoms with Gasteiger partial charge in [-0.3, -0.25) is 4.79 Å². The third kappa shape index (κ3) is 3.29. The summed E-state index contributed by atoms with van der Waals surface area (Å²) in [4.78, 5) is 10.9. The van der Waals surface area contributed by atoms with Gasteiger partial charge < -0.3 is 4.74 Å². The summed E-state index contributed by atoms with van der Waals surface area (Å²) in [5.41, 5.74) is -0.163. The summed E-state index contributed by atoms with van der Waals surface area (Å²) in [6, 6.07) is 0. The molecule has 1 saturated heterocycles. The van der Waals surface area contributed by atoms with Crippen molar-refractivity contribution in [2.24, 2.45) is 0 Å². The minimum Gasteiger partial charge on any atom is -0.462 e. The lowest BCUT2D eigenvalue weighted by Gasteiger charge is -2.43. The largest absolute Gasteiger partial charge is 0.462 e. The molecule has 1 rings (SSSR count). The molecule has 1 aliphatic heterocycles. The highest BCUT2D eigenvalue weighted by molar-refractivity contribution is 5.66. The standard InChI is InChI=1S/C11H20NO2/c1-8(13)14-9-6-10(2,3)12-11(4,5)7-9/h9H,6-7H2,1-5H3. The topological polar surface area (TPSA) is 40.4 Å². The lowest BCUT2D eigenvalue weighted by molar-refractivity contribution is -0.150. The number of ether oxygens (including phenoxy) is 1. The minimum atomic E-state index is -0.191. The molecule has 0 aromatic rings. The smallest absolute Gasteiger partial charge is 0.302 e. The molecule has 1 heterocycles. The second-order valence-corrected chi connectivity index (χ2v) is 5.38. The van der Waals surface area contributed by atoms with E-state index in [0.29, 0.717) is 0 Å². The van der Waals surface area contributed by atoms with E-state index in [2.05, 4.69) is 27.7 Å². The van der Waals surface area contributed by atoms with Gasteiger partial charge in [0.25, 0.3) is 0 Å². The Balaban J connectivity index is 2.66. The van der Waals surface area contributed by atoms with Crippen molar-refractivity contribution in [2.75, 3.05) is 0 Å². The average molecular weight is 198 g/mol. The molecule has 14 heavy (non-hydrogen) atoms. The van der Waals surface area contributed by atoms with Gasteiger partial charge in [-0.05, 0) is 27.7 Å². The van der Waals surface area contributed by atoms with Gasteiger partial charge in [-0.2, -0.15) is 0 Å². The number of hydrogen-bond acceptors (Lipinski definition) is 2. The summed E-state index contributed by atoms with van der Waals surface area (Å²) in [5, 5.41) is 4.71. The third-order valence-corrected chi connectivity index (χ3v) is 2.39. The summed E-state index contributed by atoms with van der Waals surface area (Å²) in [6.45, 7) is 9.81. The highest BCUT2D eigenvalue weighted by Crippen LogP contribution is 2.31. The van der Waals surface area contributed by atoms with E-state index in [1.807, 2.05) is 0 Å². The van der Waals surface area contributed by atoms with Crippen LogP contribution in [0.3, 0.4) is 0 Å². The number of carbonyl (C=O) groups excluding carboxylic acids is 1. The molecule has 0 aromatic heterocycles. The molecule has 0 spiro atoms. The van der Waals surface area contributed by atoms with Gasteiger partial charge in [0.05, 0.1) is 0 Å². The maximum atomic E-state index is 10.9. The zero-order valence-corrected chi connectivity index (χ0v) is 9.76. The molecule has 81 valence electrons. The van der Waals surface area contributed by atoms with Gasteiger partial charge in [0, 0.05) is 30.8 Å². The number of carbonyl (C=O) groups is 1. The molecular weight excluding hydrogens is 178 g/mol. The minimum absolute atomic E-state index is 0.0231. The lowest BCUT2D eigenvalue weighted by Crippen LogP contribution is -2.54. The van der Waals surface area contributed by atoms with Crippen molar-refractivity contribution < 1.29 is 9.53 Å². The first-order valence-corrected chi connectivity index (χ1v) is 5.11. The molecule has 3 heteroatoms. The van der Waals surface area contributed by atoms with Crippen molar-refractivity contribution in [3.8, 4) is 0 Å².